The Labute approximate surface area is 133 Å². The Morgan fingerprint density at radius 2 is 2.33 bits per heavy atom. The lowest BCUT2D eigenvalue weighted by Gasteiger charge is -2.35. The number of methoxy groups -OCH3 is 1. The van der Waals surface area contributed by atoms with Gasteiger partial charge in [0.15, 0.2) is 0 Å². The lowest BCUT2D eigenvalue weighted by molar-refractivity contribution is 0.143. The van der Waals surface area contributed by atoms with Crippen molar-refractivity contribution >= 4 is 38.2 Å². The summed E-state index contributed by atoms with van der Waals surface area (Å²) in [4.78, 5) is 6.82. The van der Waals surface area contributed by atoms with Crippen LogP contribution in [-0.4, -0.2) is 31.8 Å². The van der Waals surface area contributed by atoms with Gasteiger partial charge in [0.25, 0.3) is 0 Å². The number of nitrogens with two attached hydrogens (primary N) is 1. The van der Waals surface area contributed by atoms with Gasteiger partial charge in [-0.1, -0.05) is 15.9 Å². The zero-order chi connectivity index (χ0) is 14.8. The van der Waals surface area contributed by atoms with Crippen LogP contribution in [0.3, 0.4) is 0 Å². The highest BCUT2D eigenvalue weighted by molar-refractivity contribution is 9.10. The molecule has 3 rings (SSSR count). The number of hydrogen-bond acceptors (Lipinski definition) is 4. The molecular formula is C16H20BrN3O. The molecule has 1 unspecified atom stereocenters. The lowest BCUT2D eigenvalue weighted by atomic mass is 9.97. The van der Waals surface area contributed by atoms with Gasteiger partial charge < -0.3 is 15.4 Å². The quantitative estimate of drug-likeness (QED) is 0.921. The number of fused-ring (bicyclic) bond motifs is 1. The van der Waals surface area contributed by atoms with E-state index in [0.717, 1.165) is 46.4 Å². The predicted octanol–water partition coefficient (Wildman–Crippen LogP) is 3.44. The third-order valence-corrected chi connectivity index (χ3v) is 4.56. The van der Waals surface area contributed by atoms with Crippen molar-refractivity contribution < 1.29 is 4.74 Å². The Kier molecular flexibility index (Phi) is 4.31. The minimum atomic E-state index is 0.568. The summed E-state index contributed by atoms with van der Waals surface area (Å²) < 4.78 is 6.37. The van der Waals surface area contributed by atoms with E-state index in [1.807, 2.05) is 12.1 Å². The minimum Gasteiger partial charge on any atom is -0.396 e. The number of nitrogens with zero attached hydrogens (tertiary/aromatic N) is 2. The highest BCUT2D eigenvalue weighted by Crippen LogP contribution is 2.35. The SMILES string of the molecule is COCC1CCCN(c2c(N)cnc3ccc(Br)cc23)C1. The van der Waals surface area contributed by atoms with Crippen molar-refractivity contribution in [2.45, 2.75) is 12.8 Å². The maximum absolute atomic E-state index is 6.24. The molecule has 112 valence electrons. The van der Waals surface area contributed by atoms with E-state index < -0.39 is 0 Å². The van der Waals surface area contributed by atoms with Crippen molar-refractivity contribution in [2.24, 2.45) is 5.92 Å². The summed E-state index contributed by atoms with van der Waals surface area (Å²) in [6.07, 6.45) is 4.16. The van der Waals surface area contributed by atoms with Gasteiger partial charge >= 0.3 is 0 Å². The molecule has 1 aliphatic heterocycles. The second-order valence-electron chi connectivity index (χ2n) is 5.63. The van der Waals surface area contributed by atoms with Gasteiger partial charge in [0, 0.05) is 30.1 Å². The summed E-state index contributed by atoms with van der Waals surface area (Å²) in [7, 11) is 1.77. The molecule has 0 aliphatic carbocycles. The number of hydrogen-bond donors (Lipinski definition) is 1. The van der Waals surface area contributed by atoms with Crippen LogP contribution in [0.1, 0.15) is 12.8 Å². The summed E-state index contributed by atoms with van der Waals surface area (Å²) in [5.74, 6) is 0.568. The zero-order valence-electron chi connectivity index (χ0n) is 12.2. The number of aromatic nitrogens is 1. The van der Waals surface area contributed by atoms with Gasteiger partial charge in [-0.2, -0.15) is 0 Å². The molecule has 1 atom stereocenters. The minimum absolute atomic E-state index is 0.568. The lowest BCUT2D eigenvalue weighted by Crippen LogP contribution is -2.37. The number of benzene rings is 1. The Hall–Kier alpha value is -1.33. The van der Waals surface area contributed by atoms with Gasteiger partial charge in [0.2, 0.25) is 0 Å². The van der Waals surface area contributed by atoms with Gasteiger partial charge in [-0.25, -0.2) is 0 Å². The monoisotopic (exact) mass is 349 g/mol. The van der Waals surface area contributed by atoms with E-state index in [4.69, 9.17) is 10.5 Å². The van der Waals surface area contributed by atoms with Gasteiger partial charge in [0.1, 0.15) is 0 Å². The van der Waals surface area contributed by atoms with Crippen molar-refractivity contribution in [1.29, 1.82) is 0 Å². The van der Waals surface area contributed by atoms with Crippen LogP contribution in [0.25, 0.3) is 10.9 Å². The van der Waals surface area contributed by atoms with Crippen LogP contribution >= 0.6 is 15.9 Å². The first-order valence-corrected chi connectivity index (χ1v) is 8.06. The smallest absolute Gasteiger partial charge is 0.0745 e. The van der Waals surface area contributed by atoms with Crippen LogP contribution in [0.5, 0.6) is 0 Å². The molecule has 1 fully saturated rings. The van der Waals surface area contributed by atoms with Crippen LogP contribution in [0, 0.1) is 5.92 Å². The standard InChI is InChI=1S/C16H20BrN3O/c1-21-10-11-3-2-6-20(9-11)16-13-7-12(17)4-5-15(13)19-8-14(16)18/h4-5,7-8,11H,2-3,6,9-10,18H2,1H3. The second-order valence-corrected chi connectivity index (χ2v) is 6.55. The fraction of sp³-hybridized carbons (Fsp3) is 0.438. The predicted molar refractivity (Wildman–Crippen MR) is 90.7 cm³/mol. The molecule has 21 heavy (non-hydrogen) atoms. The molecule has 0 saturated carbocycles. The molecule has 0 radical (unpaired) electrons. The molecule has 1 aromatic carbocycles. The molecular weight excluding hydrogens is 330 g/mol. The van der Waals surface area contributed by atoms with E-state index in [-0.39, 0.29) is 0 Å². The average molecular weight is 350 g/mol. The summed E-state index contributed by atoms with van der Waals surface area (Å²) in [6.45, 7) is 2.84. The molecule has 0 amide bonds. The van der Waals surface area contributed by atoms with Crippen LogP contribution in [0.4, 0.5) is 11.4 Å². The van der Waals surface area contributed by atoms with E-state index in [1.54, 1.807) is 13.3 Å². The third-order valence-electron chi connectivity index (χ3n) is 4.07. The summed E-state index contributed by atoms with van der Waals surface area (Å²) >= 11 is 3.54. The molecule has 2 aromatic rings. The Bertz CT molecular complexity index is 639. The maximum Gasteiger partial charge on any atom is 0.0745 e. The third kappa shape index (κ3) is 2.99. The number of piperidine rings is 1. The van der Waals surface area contributed by atoms with Gasteiger partial charge in [0.05, 0.1) is 29.7 Å². The van der Waals surface area contributed by atoms with Crippen molar-refractivity contribution in [3.8, 4) is 0 Å². The number of pyridine rings is 1. The zero-order valence-corrected chi connectivity index (χ0v) is 13.8. The van der Waals surface area contributed by atoms with E-state index in [0.29, 0.717) is 5.92 Å². The van der Waals surface area contributed by atoms with E-state index >= 15 is 0 Å². The van der Waals surface area contributed by atoms with Gasteiger partial charge in [-0.3, -0.25) is 4.98 Å². The largest absolute Gasteiger partial charge is 0.396 e. The fourth-order valence-electron chi connectivity index (χ4n) is 3.16. The Morgan fingerprint density at radius 1 is 1.48 bits per heavy atom. The van der Waals surface area contributed by atoms with Crippen molar-refractivity contribution in [3.63, 3.8) is 0 Å². The first-order valence-electron chi connectivity index (χ1n) is 7.26. The number of nitrogen functional groups attached to an aromatic ring is 1. The molecule has 1 saturated heterocycles. The van der Waals surface area contributed by atoms with E-state index in [1.165, 1.54) is 12.8 Å². The topological polar surface area (TPSA) is 51.4 Å². The van der Waals surface area contributed by atoms with Crippen molar-refractivity contribution in [3.05, 3.63) is 28.9 Å². The molecule has 1 aliphatic rings. The normalized spacial score (nSPS) is 19.1. The molecule has 4 nitrogen and oxygen atoms in total. The maximum atomic E-state index is 6.24. The first-order chi connectivity index (χ1) is 10.2. The fourth-order valence-corrected chi connectivity index (χ4v) is 3.52. The Morgan fingerprint density at radius 3 is 3.14 bits per heavy atom. The van der Waals surface area contributed by atoms with Crippen LogP contribution in [0.2, 0.25) is 0 Å². The molecule has 0 bridgehead atoms. The second kappa shape index (κ2) is 6.20. The number of rotatable bonds is 3. The average Bonchev–Trinajstić information content (AvgIpc) is 2.47. The van der Waals surface area contributed by atoms with Gasteiger partial charge in [-0.05, 0) is 37.0 Å². The van der Waals surface area contributed by atoms with Crippen LogP contribution < -0.4 is 10.6 Å². The van der Waals surface area contributed by atoms with Crippen LogP contribution in [0.15, 0.2) is 28.9 Å². The summed E-state index contributed by atoms with van der Waals surface area (Å²) in [5, 5.41) is 1.11. The molecule has 5 heteroatoms. The highest BCUT2D eigenvalue weighted by Gasteiger charge is 2.23. The van der Waals surface area contributed by atoms with Crippen molar-refractivity contribution in [1.82, 2.24) is 4.98 Å². The molecule has 2 N–H and O–H groups in total. The van der Waals surface area contributed by atoms with Gasteiger partial charge in [-0.15, -0.1) is 0 Å². The summed E-state index contributed by atoms with van der Waals surface area (Å²) in [6, 6.07) is 6.14. The number of halogens is 1. The van der Waals surface area contributed by atoms with E-state index in [9.17, 15) is 0 Å². The number of ether oxygens (including phenoxy) is 1. The molecule has 1 aromatic heterocycles. The Balaban J connectivity index is 2.02. The van der Waals surface area contributed by atoms with E-state index in [2.05, 4.69) is 31.9 Å². The highest BCUT2D eigenvalue weighted by atomic mass is 79.9. The van der Waals surface area contributed by atoms with Crippen molar-refractivity contribution in [2.75, 3.05) is 37.4 Å². The van der Waals surface area contributed by atoms with Crippen LogP contribution in [-0.2, 0) is 4.74 Å². The molecule has 0 spiro atoms. The number of anilines is 2. The molecule has 2 heterocycles. The first kappa shape index (κ1) is 14.6. The summed E-state index contributed by atoms with van der Waals surface area (Å²) in [5.41, 5.74) is 9.08.